The molecule has 0 aliphatic carbocycles. The Hall–Kier alpha value is -2.70. The summed E-state index contributed by atoms with van der Waals surface area (Å²) < 4.78 is 13.1. The molecular formula is C20H15Cl2FN4O. The highest BCUT2D eigenvalue weighted by Crippen LogP contribution is 2.39. The van der Waals surface area contributed by atoms with Gasteiger partial charge in [0.25, 0.3) is 0 Å². The van der Waals surface area contributed by atoms with Crippen molar-refractivity contribution in [1.29, 1.82) is 0 Å². The number of amides is 1. The van der Waals surface area contributed by atoms with E-state index in [0.29, 0.717) is 39.5 Å². The molecule has 1 unspecified atom stereocenters. The number of rotatable bonds is 3. The Morgan fingerprint density at radius 2 is 1.82 bits per heavy atom. The zero-order valence-corrected chi connectivity index (χ0v) is 16.3. The number of fused-ring (bicyclic) bond motifs is 1. The predicted molar refractivity (Wildman–Crippen MR) is 108 cm³/mol. The maximum Gasteiger partial charge on any atom is 0.235 e. The first-order valence-corrected chi connectivity index (χ1v) is 9.29. The minimum absolute atomic E-state index is 0.145. The summed E-state index contributed by atoms with van der Waals surface area (Å²) in [4.78, 5) is 23.3. The van der Waals surface area contributed by atoms with Gasteiger partial charge in [-0.2, -0.15) is 4.98 Å². The molecule has 1 aliphatic rings. The molecule has 142 valence electrons. The van der Waals surface area contributed by atoms with Gasteiger partial charge in [0.1, 0.15) is 11.6 Å². The van der Waals surface area contributed by atoms with Gasteiger partial charge >= 0.3 is 0 Å². The summed E-state index contributed by atoms with van der Waals surface area (Å²) in [5, 5.41) is 3.92. The lowest BCUT2D eigenvalue weighted by Gasteiger charge is -2.31. The number of anilines is 3. The van der Waals surface area contributed by atoms with Crippen LogP contribution in [0.1, 0.15) is 17.0 Å². The molecule has 1 amide bonds. The Morgan fingerprint density at radius 1 is 1.14 bits per heavy atom. The van der Waals surface area contributed by atoms with Crippen molar-refractivity contribution in [2.45, 2.75) is 12.3 Å². The van der Waals surface area contributed by atoms with Crippen molar-refractivity contribution in [3.8, 4) is 0 Å². The highest BCUT2D eigenvalue weighted by atomic mass is 35.5. The lowest BCUT2D eigenvalue weighted by atomic mass is 9.88. The van der Waals surface area contributed by atoms with Gasteiger partial charge in [0.15, 0.2) is 0 Å². The van der Waals surface area contributed by atoms with Gasteiger partial charge in [0.05, 0.1) is 5.92 Å². The molecule has 28 heavy (non-hydrogen) atoms. The molecule has 0 radical (unpaired) electrons. The van der Waals surface area contributed by atoms with Crippen molar-refractivity contribution >= 4 is 46.6 Å². The van der Waals surface area contributed by atoms with E-state index in [9.17, 15) is 9.18 Å². The zero-order chi connectivity index (χ0) is 19.8. The molecule has 1 N–H and O–H groups in total. The first kappa shape index (κ1) is 18.7. The van der Waals surface area contributed by atoms with Crippen molar-refractivity contribution in [3.05, 3.63) is 75.7 Å². The number of nitrogens with zero attached hydrogens (tertiary/aromatic N) is 3. The number of carbonyl (C=O) groups excluding carboxylic acids is 1. The van der Waals surface area contributed by atoms with E-state index in [0.717, 1.165) is 5.56 Å². The zero-order valence-electron chi connectivity index (χ0n) is 14.8. The summed E-state index contributed by atoms with van der Waals surface area (Å²) >= 11 is 12.6. The van der Waals surface area contributed by atoms with Crippen molar-refractivity contribution in [2.75, 3.05) is 17.3 Å². The third kappa shape index (κ3) is 3.41. The first-order chi connectivity index (χ1) is 13.4. The van der Waals surface area contributed by atoms with Crippen LogP contribution in [-0.2, 0) is 11.2 Å². The average molecular weight is 417 g/mol. The molecule has 0 saturated heterocycles. The van der Waals surface area contributed by atoms with Gasteiger partial charge in [-0.05, 0) is 42.8 Å². The van der Waals surface area contributed by atoms with Crippen LogP contribution in [0.25, 0.3) is 0 Å². The van der Waals surface area contributed by atoms with E-state index in [-0.39, 0.29) is 11.7 Å². The quantitative estimate of drug-likeness (QED) is 0.654. The average Bonchev–Trinajstić information content (AvgIpc) is 2.68. The van der Waals surface area contributed by atoms with Crippen LogP contribution in [0, 0.1) is 5.82 Å². The fourth-order valence-electron chi connectivity index (χ4n) is 3.27. The van der Waals surface area contributed by atoms with Crippen LogP contribution in [0.15, 0.2) is 48.7 Å². The lowest BCUT2D eigenvalue weighted by Crippen LogP contribution is -2.38. The molecule has 1 atom stereocenters. The minimum Gasteiger partial charge on any atom is -0.324 e. The number of aromatic nitrogens is 2. The number of carbonyl (C=O) groups is 1. The van der Waals surface area contributed by atoms with Crippen LogP contribution in [0.2, 0.25) is 10.0 Å². The standard InChI is InChI=1S/C20H15Cl2FN4O/c1-27-18-11(9-14(19(27)28)17-15(21)3-2-4-16(17)22)10-24-20(26-18)25-13-7-5-12(23)6-8-13/h2-8,10,14H,9H2,1H3,(H,24,25,26). The van der Waals surface area contributed by atoms with Gasteiger partial charge in [-0.3, -0.25) is 9.69 Å². The molecule has 0 bridgehead atoms. The molecule has 2 aromatic carbocycles. The van der Waals surface area contributed by atoms with Crippen LogP contribution in [0.4, 0.5) is 21.8 Å². The summed E-state index contributed by atoms with van der Waals surface area (Å²) in [7, 11) is 1.66. The smallest absolute Gasteiger partial charge is 0.235 e. The van der Waals surface area contributed by atoms with Crippen LogP contribution in [0.5, 0.6) is 0 Å². The fourth-order valence-corrected chi connectivity index (χ4v) is 3.93. The van der Waals surface area contributed by atoms with Gasteiger partial charge in [0.2, 0.25) is 11.9 Å². The molecule has 3 aromatic rings. The fraction of sp³-hybridized carbons (Fsp3) is 0.150. The highest BCUT2D eigenvalue weighted by molar-refractivity contribution is 6.36. The maximum absolute atomic E-state index is 13.1. The number of halogens is 3. The second-order valence-electron chi connectivity index (χ2n) is 6.46. The van der Waals surface area contributed by atoms with Gasteiger partial charge in [-0.15, -0.1) is 0 Å². The van der Waals surface area contributed by atoms with Gasteiger partial charge < -0.3 is 5.32 Å². The Labute approximate surface area is 171 Å². The second-order valence-corrected chi connectivity index (χ2v) is 7.28. The first-order valence-electron chi connectivity index (χ1n) is 8.54. The monoisotopic (exact) mass is 416 g/mol. The largest absolute Gasteiger partial charge is 0.324 e. The normalized spacial score (nSPS) is 16.1. The van der Waals surface area contributed by atoms with Crippen LogP contribution >= 0.6 is 23.2 Å². The molecule has 4 rings (SSSR count). The van der Waals surface area contributed by atoms with Crippen LogP contribution in [-0.4, -0.2) is 22.9 Å². The molecule has 0 spiro atoms. The summed E-state index contributed by atoms with van der Waals surface area (Å²) in [6.07, 6.45) is 2.08. The summed E-state index contributed by atoms with van der Waals surface area (Å²) in [5.74, 6) is -0.137. The molecule has 8 heteroatoms. The van der Waals surface area contributed by atoms with Crippen molar-refractivity contribution < 1.29 is 9.18 Å². The molecule has 2 heterocycles. The summed E-state index contributed by atoms with van der Waals surface area (Å²) in [6, 6.07) is 11.0. The number of hydrogen-bond donors (Lipinski definition) is 1. The molecule has 1 aromatic heterocycles. The van der Waals surface area contributed by atoms with E-state index >= 15 is 0 Å². The Kier molecular flexibility index (Phi) is 4.91. The van der Waals surface area contributed by atoms with E-state index in [1.165, 1.54) is 17.0 Å². The minimum atomic E-state index is -0.502. The Bertz CT molecular complexity index is 1040. The lowest BCUT2D eigenvalue weighted by molar-refractivity contribution is -0.120. The molecule has 0 saturated carbocycles. The second kappa shape index (κ2) is 7.37. The maximum atomic E-state index is 13.1. The van der Waals surface area contributed by atoms with Crippen molar-refractivity contribution in [1.82, 2.24) is 9.97 Å². The molecular weight excluding hydrogens is 402 g/mol. The molecule has 0 fully saturated rings. The number of likely N-dealkylation sites (N-methyl/N-ethyl adjacent to an activating group) is 1. The molecule has 5 nitrogen and oxygen atoms in total. The van der Waals surface area contributed by atoms with E-state index in [1.54, 1.807) is 43.6 Å². The number of hydrogen-bond acceptors (Lipinski definition) is 4. The third-order valence-electron chi connectivity index (χ3n) is 4.66. The summed E-state index contributed by atoms with van der Waals surface area (Å²) in [5.41, 5.74) is 2.07. The number of nitrogens with one attached hydrogen (secondary N) is 1. The van der Waals surface area contributed by atoms with Crippen LogP contribution < -0.4 is 10.2 Å². The highest BCUT2D eigenvalue weighted by Gasteiger charge is 2.35. The van der Waals surface area contributed by atoms with E-state index in [1.807, 2.05) is 0 Å². The Balaban J connectivity index is 1.66. The predicted octanol–water partition coefficient (Wildman–Crippen LogP) is 4.97. The topological polar surface area (TPSA) is 58.1 Å². The Morgan fingerprint density at radius 3 is 2.50 bits per heavy atom. The van der Waals surface area contributed by atoms with Crippen LogP contribution in [0.3, 0.4) is 0 Å². The van der Waals surface area contributed by atoms with Crippen molar-refractivity contribution in [3.63, 3.8) is 0 Å². The SMILES string of the molecule is CN1C(=O)C(c2c(Cl)cccc2Cl)Cc2cnc(Nc3ccc(F)cc3)nc21. The third-order valence-corrected chi connectivity index (χ3v) is 5.32. The van der Waals surface area contributed by atoms with Gasteiger partial charge in [0, 0.05) is 40.1 Å². The number of benzene rings is 2. The van der Waals surface area contributed by atoms with E-state index in [4.69, 9.17) is 23.2 Å². The molecule has 1 aliphatic heterocycles. The van der Waals surface area contributed by atoms with E-state index < -0.39 is 5.92 Å². The summed E-state index contributed by atoms with van der Waals surface area (Å²) in [6.45, 7) is 0. The van der Waals surface area contributed by atoms with Gasteiger partial charge in [-0.25, -0.2) is 9.37 Å². The van der Waals surface area contributed by atoms with Crippen molar-refractivity contribution in [2.24, 2.45) is 0 Å². The van der Waals surface area contributed by atoms with Gasteiger partial charge in [-0.1, -0.05) is 29.3 Å². The van der Waals surface area contributed by atoms with E-state index in [2.05, 4.69) is 15.3 Å².